The quantitative estimate of drug-likeness (QED) is 0.135. The van der Waals surface area contributed by atoms with Crippen molar-refractivity contribution < 1.29 is 4.42 Å². The number of nitrogens with zero attached hydrogens (tertiary/aromatic N) is 6. The summed E-state index contributed by atoms with van der Waals surface area (Å²) < 4.78 is 16.3. The van der Waals surface area contributed by atoms with Crippen LogP contribution in [-0.4, -0.2) is 18.3 Å². The predicted octanol–water partition coefficient (Wildman–Crippen LogP) is 24.7. The van der Waals surface area contributed by atoms with Gasteiger partial charge in [-0.25, -0.2) is 4.85 Å². The van der Waals surface area contributed by atoms with E-state index < -0.39 is 0 Å². The first-order chi connectivity index (χ1) is 49.1. The molecule has 5 heterocycles. The third-order valence-electron chi connectivity index (χ3n) is 20.4. The SMILES string of the molecule is [C-]#[N+]c1c(-c2ccc3oc4ccc(-c5ccccc5)cc4c3c2)c(C#N)c(-n2c3ccc(-c4ccccc4)cc3c3ccc4c(c5ccccc5n4-c4ccccc4)c32)c(-c2ccccc2)c1-n1c2ccc(-c3ccccc3)cc2c2ccc3c(c4ccccc4n3-c3ccccc3)c21. The topological polar surface area (TPSA) is 61.0 Å². The number of fused-ring (bicyclic) bond motifs is 17. The van der Waals surface area contributed by atoms with Gasteiger partial charge in [0.25, 0.3) is 0 Å². The van der Waals surface area contributed by atoms with Crippen molar-refractivity contribution in [2.24, 2.45) is 0 Å². The fraction of sp³-hybridized carbons (Fsp3) is 0. The second kappa shape index (κ2) is 21.9. The van der Waals surface area contributed by atoms with Crippen LogP contribution in [-0.2, 0) is 0 Å². The number of nitriles is 1. The zero-order chi connectivity index (χ0) is 65.4. The van der Waals surface area contributed by atoms with Gasteiger partial charge in [-0.3, -0.25) is 0 Å². The van der Waals surface area contributed by atoms with E-state index >= 15 is 0 Å². The van der Waals surface area contributed by atoms with Crippen molar-refractivity contribution >= 4 is 115 Å². The molecule has 0 unspecified atom stereocenters. The Morgan fingerprint density at radius 3 is 1.10 bits per heavy atom. The van der Waals surface area contributed by atoms with Crippen LogP contribution in [0.15, 0.2) is 332 Å². The molecule has 0 aliphatic rings. The molecule has 0 amide bonds. The van der Waals surface area contributed by atoms with Crippen molar-refractivity contribution in [1.29, 1.82) is 5.26 Å². The number of furan rings is 1. The highest BCUT2D eigenvalue weighted by Crippen LogP contribution is 2.55. The molecule has 15 aromatic carbocycles. The molecule has 7 nitrogen and oxygen atoms in total. The molecular formula is C92H54N6O. The molecule has 7 heteroatoms. The maximum absolute atomic E-state index is 13.0. The van der Waals surface area contributed by atoms with Gasteiger partial charge in [-0.1, -0.05) is 231 Å². The lowest BCUT2D eigenvalue weighted by molar-refractivity contribution is 0.669. The van der Waals surface area contributed by atoms with E-state index in [9.17, 15) is 11.8 Å². The highest BCUT2D eigenvalue weighted by atomic mass is 16.3. The average molecular weight is 1260 g/mol. The third kappa shape index (κ3) is 8.29. The van der Waals surface area contributed by atoms with Crippen LogP contribution in [0.5, 0.6) is 0 Å². The smallest absolute Gasteiger partial charge is 0.220 e. The van der Waals surface area contributed by atoms with Crippen molar-refractivity contribution in [2.45, 2.75) is 0 Å². The average Bonchev–Trinajstić information content (AvgIpc) is 1.56. The first kappa shape index (κ1) is 55.7. The molecule has 0 aliphatic carbocycles. The molecule has 0 N–H and O–H groups in total. The molecule has 0 saturated carbocycles. The van der Waals surface area contributed by atoms with Crippen molar-refractivity contribution in [1.82, 2.24) is 18.3 Å². The number of hydrogen-bond acceptors (Lipinski definition) is 2. The predicted molar refractivity (Wildman–Crippen MR) is 409 cm³/mol. The number of benzene rings is 15. The number of rotatable bonds is 9. The van der Waals surface area contributed by atoms with Gasteiger partial charge in [0.1, 0.15) is 17.2 Å². The van der Waals surface area contributed by atoms with Crippen LogP contribution >= 0.6 is 0 Å². The summed E-state index contributed by atoms with van der Waals surface area (Å²) in [5.41, 5.74) is 22.6. The van der Waals surface area contributed by atoms with Gasteiger partial charge in [0, 0.05) is 76.4 Å². The molecule has 5 aromatic heterocycles. The standard InChI is InChI=1S/C92H54N6O/c1-94-88-84(64-43-51-83-74(55-64)73-54-63(42-50-82(73)99-83)59-28-12-4-13-29-59)75(56-93)91(97-78-46-40-61(57-24-8-2-9-25-57)52-71(78)67-44-48-80-86(89(67)97)69-36-20-22-38-76(69)95(80)65-32-16-6-17-33-65)85(60-30-14-5-15-31-60)92(88)98-79-47-41-62(58-26-10-3-11-27-58)53-72(79)68-45-49-81-87(90(68)98)70-37-21-23-39-77(70)96(81)66-34-18-7-19-35-66/h2-55H. The minimum atomic E-state index is 0.332. The summed E-state index contributed by atoms with van der Waals surface area (Å²) in [5.74, 6) is 0. The Balaban J connectivity index is 1.03. The van der Waals surface area contributed by atoms with Crippen molar-refractivity contribution in [3.63, 3.8) is 0 Å². The first-order valence-corrected chi connectivity index (χ1v) is 33.4. The first-order valence-electron chi connectivity index (χ1n) is 33.4. The van der Waals surface area contributed by atoms with Crippen LogP contribution in [0.3, 0.4) is 0 Å². The van der Waals surface area contributed by atoms with Gasteiger partial charge in [0.15, 0.2) is 0 Å². The fourth-order valence-electron chi connectivity index (χ4n) is 16.2. The summed E-state index contributed by atoms with van der Waals surface area (Å²) in [6.45, 7) is 10.1. The van der Waals surface area contributed by atoms with Crippen LogP contribution in [0.2, 0.25) is 0 Å². The molecule has 458 valence electrons. The molecule has 0 aliphatic heterocycles. The Labute approximate surface area is 568 Å². The van der Waals surface area contributed by atoms with E-state index in [1.807, 2.05) is 18.2 Å². The summed E-state index contributed by atoms with van der Waals surface area (Å²) in [5, 5.41) is 23.1. The molecule has 20 aromatic rings. The minimum absolute atomic E-state index is 0.332. The summed E-state index contributed by atoms with van der Waals surface area (Å²) in [7, 11) is 0. The highest BCUT2D eigenvalue weighted by molar-refractivity contribution is 6.29. The summed E-state index contributed by atoms with van der Waals surface area (Å²) in [6.07, 6.45) is 0. The van der Waals surface area contributed by atoms with E-state index in [1.54, 1.807) is 0 Å². The largest absolute Gasteiger partial charge is 0.456 e. The lowest BCUT2D eigenvalue weighted by Crippen LogP contribution is -2.09. The zero-order valence-electron chi connectivity index (χ0n) is 53.3. The van der Waals surface area contributed by atoms with Crippen LogP contribution < -0.4 is 0 Å². The third-order valence-corrected chi connectivity index (χ3v) is 20.4. The van der Waals surface area contributed by atoms with Gasteiger partial charge in [-0.15, -0.1) is 0 Å². The maximum atomic E-state index is 13.0. The van der Waals surface area contributed by atoms with Gasteiger partial charge in [0.05, 0.1) is 67.6 Å². The van der Waals surface area contributed by atoms with Gasteiger partial charge in [0.2, 0.25) is 5.69 Å². The number of aromatic nitrogens is 4. The lowest BCUT2D eigenvalue weighted by atomic mass is 9.88. The molecule has 99 heavy (non-hydrogen) atoms. The molecule has 0 fully saturated rings. The number of para-hydroxylation sites is 4. The number of hydrogen-bond donors (Lipinski definition) is 0. The zero-order valence-corrected chi connectivity index (χ0v) is 53.3. The normalized spacial score (nSPS) is 11.8. The Kier molecular flexibility index (Phi) is 12.3. The monoisotopic (exact) mass is 1260 g/mol. The molecule has 0 radical (unpaired) electrons. The Morgan fingerprint density at radius 2 is 0.646 bits per heavy atom. The van der Waals surface area contributed by atoms with Gasteiger partial charge < -0.3 is 22.7 Å². The van der Waals surface area contributed by atoms with Crippen LogP contribution in [0.25, 0.3) is 192 Å². The van der Waals surface area contributed by atoms with E-state index in [-0.39, 0.29) is 0 Å². The van der Waals surface area contributed by atoms with E-state index in [2.05, 4.69) is 334 Å². The van der Waals surface area contributed by atoms with Crippen molar-refractivity contribution in [3.8, 4) is 84.5 Å². The summed E-state index contributed by atoms with van der Waals surface area (Å²) >= 11 is 0. The van der Waals surface area contributed by atoms with Crippen LogP contribution in [0.4, 0.5) is 5.69 Å². The van der Waals surface area contributed by atoms with Crippen molar-refractivity contribution in [3.05, 3.63) is 345 Å². The molecule has 0 spiro atoms. The van der Waals surface area contributed by atoms with E-state index in [0.29, 0.717) is 39.3 Å². The second-order valence-corrected chi connectivity index (χ2v) is 25.6. The van der Waals surface area contributed by atoms with Gasteiger partial charge in [-0.05, 0) is 142 Å². The Hall–Kier alpha value is -13.7. The molecular weight excluding hydrogens is 1210 g/mol. The van der Waals surface area contributed by atoms with Gasteiger partial charge in [-0.2, -0.15) is 5.26 Å². The van der Waals surface area contributed by atoms with E-state index in [4.69, 9.17) is 9.26 Å². The Bertz CT molecular complexity index is 6510. The fourth-order valence-corrected chi connectivity index (χ4v) is 16.2. The molecule has 20 rings (SSSR count). The second-order valence-electron chi connectivity index (χ2n) is 25.6. The van der Waals surface area contributed by atoms with E-state index in [0.717, 1.165) is 159 Å². The molecule has 0 saturated heterocycles. The lowest BCUT2D eigenvalue weighted by Gasteiger charge is -2.26. The van der Waals surface area contributed by atoms with E-state index in [1.165, 1.54) is 0 Å². The maximum Gasteiger partial charge on any atom is 0.220 e. The highest BCUT2D eigenvalue weighted by Gasteiger charge is 2.34. The Morgan fingerprint density at radius 1 is 0.283 bits per heavy atom. The van der Waals surface area contributed by atoms with Crippen LogP contribution in [0.1, 0.15) is 5.56 Å². The van der Waals surface area contributed by atoms with Crippen molar-refractivity contribution in [2.75, 3.05) is 0 Å². The molecule has 0 bridgehead atoms. The summed E-state index contributed by atoms with van der Waals surface area (Å²) in [6, 6.07) is 119. The summed E-state index contributed by atoms with van der Waals surface area (Å²) in [4.78, 5) is 4.91. The molecule has 0 atom stereocenters. The van der Waals surface area contributed by atoms with Crippen LogP contribution in [0, 0.1) is 17.9 Å². The van der Waals surface area contributed by atoms with Gasteiger partial charge >= 0.3 is 0 Å². The minimum Gasteiger partial charge on any atom is -0.456 e.